The van der Waals surface area contributed by atoms with E-state index in [0.29, 0.717) is 0 Å². The van der Waals surface area contributed by atoms with Crippen molar-refractivity contribution in [2.45, 2.75) is 51.5 Å². The van der Waals surface area contributed by atoms with Gasteiger partial charge in [-0.3, -0.25) is 0 Å². The maximum absolute atomic E-state index is 6.10. The molecule has 1 fully saturated rings. The topological polar surface area (TPSA) is 26.0 Å². The van der Waals surface area contributed by atoms with Crippen LogP contribution in [0.1, 0.15) is 45.4 Å². The van der Waals surface area contributed by atoms with Crippen molar-refractivity contribution in [1.29, 1.82) is 0 Å². The first-order valence-electron chi connectivity index (χ1n) is 5.19. The van der Waals surface area contributed by atoms with Crippen LogP contribution >= 0.6 is 0 Å². The van der Waals surface area contributed by atoms with E-state index in [2.05, 4.69) is 13.5 Å². The van der Waals surface area contributed by atoms with Crippen LogP contribution < -0.4 is 5.73 Å². The van der Waals surface area contributed by atoms with Crippen LogP contribution in [0.5, 0.6) is 0 Å². The first kappa shape index (κ1) is 9.79. The zero-order chi connectivity index (χ0) is 8.97. The second-order valence-corrected chi connectivity index (χ2v) is 3.94. The molecule has 0 saturated heterocycles. The van der Waals surface area contributed by atoms with Gasteiger partial charge in [0.25, 0.3) is 0 Å². The molecule has 0 aromatic carbocycles. The first-order chi connectivity index (χ1) is 5.75. The Morgan fingerprint density at radius 2 is 2.00 bits per heavy atom. The summed E-state index contributed by atoms with van der Waals surface area (Å²) >= 11 is 0. The number of rotatable bonds is 3. The molecular weight excluding hydrogens is 146 g/mol. The highest BCUT2D eigenvalue weighted by molar-refractivity contribution is 5.05. The van der Waals surface area contributed by atoms with Gasteiger partial charge in [-0.05, 0) is 25.2 Å². The molecule has 1 aliphatic carbocycles. The standard InChI is InChI=1S/C11H21N/c1-3-9(2)11(12)10-7-5-4-6-8-10/h10-11H,2-8,12H2,1H3. The lowest BCUT2D eigenvalue weighted by molar-refractivity contribution is 0.323. The quantitative estimate of drug-likeness (QED) is 0.643. The minimum absolute atomic E-state index is 0.273. The number of hydrogen-bond acceptors (Lipinski definition) is 1. The van der Waals surface area contributed by atoms with Crippen LogP contribution in [0.15, 0.2) is 12.2 Å². The maximum atomic E-state index is 6.10. The van der Waals surface area contributed by atoms with E-state index in [-0.39, 0.29) is 6.04 Å². The Kier molecular flexibility index (Phi) is 3.80. The smallest absolute Gasteiger partial charge is 0.0279 e. The van der Waals surface area contributed by atoms with Gasteiger partial charge in [-0.25, -0.2) is 0 Å². The highest BCUT2D eigenvalue weighted by Gasteiger charge is 2.21. The van der Waals surface area contributed by atoms with E-state index in [9.17, 15) is 0 Å². The zero-order valence-electron chi connectivity index (χ0n) is 8.18. The van der Waals surface area contributed by atoms with Gasteiger partial charge in [-0.2, -0.15) is 0 Å². The van der Waals surface area contributed by atoms with Crippen LogP contribution in [0, 0.1) is 5.92 Å². The van der Waals surface area contributed by atoms with Crippen LogP contribution in [-0.2, 0) is 0 Å². The molecule has 1 unspecified atom stereocenters. The van der Waals surface area contributed by atoms with E-state index in [1.165, 1.54) is 37.7 Å². The fourth-order valence-electron chi connectivity index (χ4n) is 2.06. The van der Waals surface area contributed by atoms with Crippen LogP contribution in [0.3, 0.4) is 0 Å². The van der Waals surface area contributed by atoms with E-state index in [4.69, 9.17) is 5.73 Å². The molecule has 2 N–H and O–H groups in total. The predicted molar refractivity (Wildman–Crippen MR) is 54.0 cm³/mol. The van der Waals surface area contributed by atoms with E-state index >= 15 is 0 Å². The number of nitrogens with two attached hydrogens (primary N) is 1. The molecule has 0 radical (unpaired) electrons. The summed E-state index contributed by atoms with van der Waals surface area (Å²) in [7, 11) is 0. The van der Waals surface area contributed by atoms with Gasteiger partial charge in [0.15, 0.2) is 0 Å². The molecule has 1 atom stereocenters. The molecule has 1 saturated carbocycles. The number of hydrogen-bond donors (Lipinski definition) is 1. The Balaban J connectivity index is 2.39. The van der Waals surface area contributed by atoms with Crippen molar-refractivity contribution in [2.75, 3.05) is 0 Å². The average Bonchev–Trinajstić information content (AvgIpc) is 2.17. The Morgan fingerprint density at radius 1 is 1.42 bits per heavy atom. The van der Waals surface area contributed by atoms with Crippen molar-refractivity contribution < 1.29 is 0 Å². The fraction of sp³-hybridized carbons (Fsp3) is 0.818. The lowest BCUT2D eigenvalue weighted by Crippen LogP contribution is -2.32. The molecule has 0 heterocycles. The lowest BCUT2D eigenvalue weighted by Gasteiger charge is -2.28. The van der Waals surface area contributed by atoms with Crippen molar-refractivity contribution in [3.8, 4) is 0 Å². The highest BCUT2D eigenvalue weighted by atomic mass is 14.7. The third kappa shape index (κ3) is 2.34. The first-order valence-corrected chi connectivity index (χ1v) is 5.19. The Hall–Kier alpha value is -0.300. The molecule has 1 heteroatoms. The van der Waals surface area contributed by atoms with Gasteiger partial charge >= 0.3 is 0 Å². The van der Waals surface area contributed by atoms with Crippen molar-refractivity contribution in [2.24, 2.45) is 11.7 Å². The second-order valence-electron chi connectivity index (χ2n) is 3.94. The third-order valence-corrected chi connectivity index (χ3v) is 3.08. The summed E-state index contributed by atoms with van der Waals surface area (Å²) in [6.45, 7) is 6.17. The predicted octanol–water partition coefficient (Wildman–Crippen LogP) is 2.86. The van der Waals surface area contributed by atoms with Crippen LogP contribution in [0.2, 0.25) is 0 Å². The van der Waals surface area contributed by atoms with Crippen molar-refractivity contribution >= 4 is 0 Å². The van der Waals surface area contributed by atoms with E-state index < -0.39 is 0 Å². The molecule has 0 amide bonds. The minimum atomic E-state index is 0.273. The maximum Gasteiger partial charge on any atom is 0.0279 e. The lowest BCUT2D eigenvalue weighted by atomic mass is 9.81. The molecule has 1 nitrogen and oxygen atoms in total. The van der Waals surface area contributed by atoms with Crippen LogP contribution in [-0.4, -0.2) is 6.04 Å². The van der Waals surface area contributed by atoms with E-state index in [1.54, 1.807) is 0 Å². The largest absolute Gasteiger partial charge is 0.324 e. The summed E-state index contributed by atoms with van der Waals surface area (Å²) in [5.41, 5.74) is 7.34. The summed E-state index contributed by atoms with van der Waals surface area (Å²) in [5.74, 6) is 0.728. The monoisotopic (exact) mass is 167 g/mol. The van der Waals surface area contributed by atoms with Crippen molar-refractivity contribution in [3.05, 3.63) is 12.2 Å². The van der Waals surface area contributed by atoms with Gasteiger partial charge in [0.05, 0.1) is 0 Å². The van der Waals surface area contributed by atoms with Gasteiger partial charge < -0.3 is 5.73 Å². The van der Waals surface area contributed by atoms with Crippen molar-refractivity contribution in [3.63, 3.8) is 0 Å². The van der Waals surface area contributed by atoms with Gasteiger partial charge in [-0.1, -0.05) is 38.3 Å². The Morgan fingerprint density at radius 3 is 2.50 bits per heavy atom. The molecule has 1 rings (SSSR count). The Labute approximate surface area is 76.0 Å². The van der Waals surface area contributed by atoms with Crippen LogP contribution in [0.25, 0.3) is 0 Å². The molecule has 12 heavy (non-hydrogen) atoms. The summed E-state index contributed by atoms with van der Waals surface area (Å²) in [6.07, 6.45) is 7.82. The molecular formula is C11H21N. The molecule has 0 aromatic rings. The third-order valence-electron chi connectivity index (χ3n) is 3.08. The fourth-order valence-corrected chi connectivity index (χ4v) is 2.06. The van der Waals surface area contributed by atoms with E-state index in [0.717, 1.165) is 12.3 Å². The van der Waals surface area contributed by atoms with Crippen LogP contribution in [0.4, 0.5) is 0 Å². The summed E-state index contributed by atoms with van der Waals surface area (Å²) in [5, 5.41) is 0. The molecule has 0 spiro atoms. The minimum Gasteiger partial charge on any atom is -0.324 e. The second kappa shape index (κ2) is 4.66. The van der Waals surface area contributed by atoms with Gasteiger partial charge in [0.2, 0.25) is 0 Å². The molecule has 70 valence electrons. The Bertz CT molecular complexity index is 145. The van der Waals surface area contributed by atoms with Crippen molar-refractivity contribution in [1.82, 2.24) is 0 Å². The molecule has 1 aliphatic rings. The SMILES string of the molecule is C=C(CC)C(N)C1CCCCC1. The highest BCUT2D eigenvalue weighted by Crippen LogP contribution is 2.28. The van der Waals surface area contributed by atoms with Gasteiger partial charge in [0.1, 0.15) is 0 Å². The molecule has 0 aliphatic heterocycles. The average molecular weight is 167 g/mol. The summed E-state index contributed by atoms with van der Waals surface area (Å²) < 4.78 is 0. The molecule has 0 bridgehead atoms. The van der Waals surface area contributed by atoms with Gasteiger partial charge in [0, 0.05) is 6.04 Å². The zero-order valence-corrected chi connectivity index (χ0v) is 8.18. The summed E-state index contributed by atoms with van der Waals surface area (Å²) in [4.78, 5) is 0. The van der Waals surface area contributed by atoms with Gasteiger partial charge in [-0.15, -0.1) is 0 Å². The molecule has 0 aromatic heterocycles. The normalized spacial score (nSPS) is 22.2. The van der Waals surface area contributed by atoms with E-state index in [1.807, 2.05) is 0 Å². The summed E-state index contributed by atoms with van der Waals surface area (Å²) in [6, 6.07) is 0.273.